The van der Waals surface area contributed by atoms with Crippen LogP contribution in [0.15, 0.2) is 18.2 Å². The van der Waals surface area contributed by atoms with E-state index in [0.29, 0.717) is 5.92 Å². The van der Waals surface area contributed by atoms with Gasteiger partial charge in [0.2, 0.25) is 0 Å². The van der Waals surface area contributed by atoms with E-state index in [9.17, 15) is 0 Å². The fraction of sp³-hybridized carbons (Fsp3) is 0.273. The summed E-state index contributed by atoms with van der Waals surface area (Å²) in [6, 6.07) is 2.30. The van der Waals surface area contributed by atoms with Crippen LogP contribution in [0.3, 0.4) is 0 Å². The Morgan fingerprint density at radius 1 is 1.25 bits per heavy atom. The van der Waals surface area contributed by atoms with E-state index in [1.807, 2.05) is 0 Å². The Morgan fingerprint density at radius 2 is 2.00 bits per heavy atom. The Balaban J connectivity index is 2.49. The third-order valence-electron chi connectivity index (χ3n) is 2.16. The monoisotopic (exact) mass is 176 g/mol. The molecule has 1 aliphatic rings. The van der Waals surface area contributed by atoms with Gasteiger partial charge in [-0.3, -0.25) is 0 Å². The van der Waals surface area contributed by atoms with E-state index < -0.39 is 0 Å². The molecule has 12 heavy (non-hydrogen) atoms. The van der Waals surface area contributed by atoms with Crippen LogP contribution >= 0.6 is 8.19 Å². The second-order valence-electron chi connectivity index (χ2n) is 3.40. The Hall–Kier alpha value is -0.740. The molecular formula is C11H13P. The first kappa shape index (κ1) is 7.89. The van der Waals surface area contributed by atoms with E-state index >= 15 is 0 Å². The van der Waals surface area contributed by atoms with Crippen molar-refractivity contribution in [1.29, 1.82) is 0 Å². The molecule has 2 rings (SSSR count). The van der Waals surface area contributed by atoms with E-state index in [-0.39, 0.29) is 0 Å². The summed E-state index contributed by atoms with van der Waals surface area (Å²) in [5.74, 6) is 0.592. The number of hydrogen-bond acceptors (Lipinski definition) is 0. The average Bonchev–Trinajstić information content (AvgIpc) is 2.31. The third kappa shape index (κ3) is 1.40. The zero-order valence-electron chi connectivity index (χ0n) is 7.46. The SMILES string of the molecule is Cc1cc2c([pH]1)C=CC(C)C=C2. The summed E-state index contributed by atoms with van der Waals surface area (Å²) >= 11 is 0. The first-order valence-corrected chi connectivity index (χ1v) is 5.32. The summed E-state index contributed by atoms with van der Waals surface area (Å²) in [5.41, 5.74) is 1.42. The molecule has 0 fully saturated rings. The van der Waals surface area contributed by atoms with Crippen molar-refractivity contribution in [2.24, 2.45) is 5.92 Å². The van der Waals surface area contributed by atoms with Crippen LogP contribution in [0.5, 0.6) is 0 Å². The molecule has 0 nitrogen and oxygen atoms in total. The molecule has 1 aromatic rings. The van der Waals surface area contributed by atoms with Crippen molar-refractivity contribution < 1.29 is 0 Å². The second-order valence-corrected chi connectivity index (χ2v) is 4.98. The Bertz CT molecular complexity index is 310. The highest BCUT2D eigenvalue weighted by atomic mass is 31.0. The predicted octanol–water partition coefficient (Wildman–Crippen LogP) is 3.70. The minimum atomic E-state index is 0.592. The minimum absolute atomic E-state index is 0.592. The lowest BCUT2D eigenvalue weighted by Crippen LogP contribution is -1.77. The van der Waals surface area contributed by atoms with Crippen molar-refractivity contribution in [3.05, 3.63) is 34.4 Å². The maximum Gasteiger partial charge on any atom is -0.00187 e. The molecule has 0 radical (unpaired) electrons. The molecule has 1 aromatic heterocycles. The lowest BCUT2D eigenvalue weighted by Gasteiger charge is -1.91. The van der Waals surface area contributed by atoms with Gasteiger partial charge in [-0.05, 0) is 35.1 Å². The van der Waals surface area contributed by atoms with Crippen LogP contribution in [0.25, 0.3) is 12.2 Å². The predicted molar refractivity (Wildman–Crippen MR) is 57.9 cm³/mol. The highest BCUT2D eigenvalue weighted by molar-refractivity contribution is 7.32. The van der Waals surface area contributed by atoms with E-state index in [1.54, 1.807) is 0 Å². The number of hydrogen-bond donors (Lipinski definition) is 0. The van der Waals surface area contributed by atoms with Crippen LogP contribution in [-0.2, 0) is 0 Å². The van der Waals surface area contributed by atoms with Gasteiger partial charge in [0.15, 0.2) is 0 Å². The van der Waals surface area contributed by atoms with Gasteiger partial charge < -0.3 is 0 Å². The second kappa shape index (κ2) is 2.95. The summed E-state index contributed by atoms with van der Waals surface area (Å²) < 4.78 is 0. The van der Waals surface area contributed by atoms with Gasteiger partial charge in [0, 0.05) is 0 Å². The first-order chi connectivity index (χ1) is 5.75. The molecule has 0 bridgehead atoms. The molecule has 0 N–H and O–H groups in total. The maximum atomic E-state index is 2.30. The van der Waals surface area contributed by atoms with Crippen LogP contribution in [0.1, 0.15) is 23.1 Å². The van der Waals surface area contributed by atoms with E-state index in [4.69, 9.17) is 0 Å². The highest BCUT2D eigenvalue weighted by Gasteiger charge is 2.03. The van der Waals surface area contributed by atoms with Crippen molar-refractivity contribution in [2.45, 2.75) is 13.8 Å². The van der Waals surface area contributed by atoms with E-state index in [1.165, 1.54) is 16.2 Å². The number of allylic oxidation sites excluding steroid dienone is 2. The summed E-state index contributed by atoms with van der Waals surface area (Å²) in [6.07, 6.45) is 9.08. The summed E-state index contributed by atoms with van der Waals surface area (Å²) in [4.78, 5) is 0. The van der Waals surface area contributed by atoms with Crippen molar-refractivity contribution in [1.82, 2.24) is 0 Å². The van der Waals surface area contributed by atoms with Crippen molar-refractivity contribution in [3.63, 3.8) is 0 Å². The smallest absolute Gasteiger partial charge is 0.00187 e. The lowest BCUT2D eigenvalue weighted by molar-refractivity contribution is 0.954. The Labute approximate surface area is 75.1 Å². The molecule has 0 aliphatic heterocycles. The van der Waals surface area contributed by atoms with Crippen LogP contribution < -0.4 is 0 Å². The van der Waals surface area contributed by atoms with Gasteiger partial charge in [0.05, 0.1) is 0 Å². The molecule has 1 aliphatic carbocycles. The molecule has 0 aromatic carbocycles. The Morgan fingerprint density at radius 3 is 2.83 bits per heavy atom. The maximum absolute atomic E-state index is 2.30. The number of aryl methyl sites for hydroxylation is 1. The van der Waals surface area contributed by atoms with Crippen LogP contribution in [0, 0.1) is 12.8 Å². The van der Waals surface area contributed by atoms with Gasteiger partial charge in [-0.1, -0.05) is 31.2 Å². The molecule has 2 unspecified atom stereocenters. The highest BCUT2D eigenvalue weighted by Crippen LogP contribution is 2.31. The molecule has 0 spiro atoms. The van der Waals surface area contributed by atoms with E-state index in [0.717, 1.165) is 8.19 Å². The molecule has 62 valence electrons. The zero-order valence-corrected chi connectivity index (χ0v) is 8.46. The molecule has 0 saturated carbocycles. The van der Waals surface area contributed by atoms with Crippen LogP contribution in [0.2, 0.25) is 0 Å². The van der Waals surface area contributed by atoms with Gasteiger partial charge in [-0.15, -0.1) is 8.19 Å². The zero-order chi connectivity index (χ0) is 8.55. The minimum Gasteiger partial charge on any atom is -0.129 e. The summed E-state index contributed by atoms with van der Waals surface area (Å²) in [5, 5.41) is 3.01. The lowest BCUT2D eigenvalue weighted by atomic mass is 10.1. The standard InChI is InChI=1S/C11H13P/c1-8-3-5-10-7-9(2)12-11(10)6-4-8/h3-8,12H,1-2H3. The van der Waals surface area contributed by atoms with Crippen LogP contribution in [0.4, 0.5) is 0 Å². The molecule has 0 saturated heterocycles. The topological polar surface area (TPSA) is 0 Å². The average molecular weight is 176 g/mol. The fourth-order valence-electron chi connectivity index (χ4n) is 1.48. The molecule has 2 atom stereocenters. The van der Waals surface area contributed by atoms with Crippen molar-refractivity contribution in [2.75, 3.05) is 0 Å². The van der Waals surface area contributed by atoms with Crippen molar-refractivity contribution >= 4 is 20.3 Å². The van der Waals surface area contributed by atoms with Gasteiger partial charge in [0.25, 0.3) is 0 Å². The van der Waals surface area contributed by atoms with Gasteiger partial charge in [-0.25, -0.2) is 0 Å². The van der Waals surface area contributed by atoms with Crippen LogP contribution in [-0.4, -0.2) is 0 Å². The molecule has 0 amide bonds. The third-order valence-corrected chi connectivity index (χ3v) is 3.42. The van der Waals surface area contributed by atoms with E-state index in [2.05, 4.69) is 44.2 Å². The molecule has 1 heterocycles. The first-order valence-electron chi connectivity index (χ1n) is 4.32. The number of fused-ring (bicyclic) bond motifs is 1. The van der Waals surface area contributed by atoms with Gasteiger partial charge in [0.1, 0.15) is 0 Å². The molecule has 1 heteroatoms. The van der Waals surface area contributed by atoms with Gasteiger partial charge >= 0.3 is 0 Å². The van der Waals surface area contributed by atoms with Crippen molar-refractivity contribution in [3.8, 4) is 0 Å². The quantitative estimate of drug-likeness (QED) is 0.565. The fourth-order valence-corrected chi connectivity index (χ4v) is 2.61. The largest absolute Gasteiger partial charge is 0.129 e. The summed E-state index contributed by atoms with van der Waals surface area (Å²) in [6.45, 7) is 4.42. The molecular weight excluding hydrogens is 163 g/mol. The summed E-state index contributed by atoms with van der Waals surface area (Å²) in [7, 11) is 0.900. The number of rotatable bonds is 0. The normalized spacial score (nSPS) is 21.3. The van der Waals surface area contributed by atoms with Gasteiger partial charge in [-0.2, -0.15) is 0 Å². The Kier molecular flexibility index (Phi) is 1.94.